The van der Waals surface area contributed by atoms with Crippen molar-refractivity contribution in [3.63, 3.8) is 0 Å². The third-order valence-corrected chi connectivity index (χ3v) is 6.51. The van der Waals surface area contributed by atoms with E-state index < -0.39 is 23.9 Å². The van der Waals surface area contributed by atoms with Crippen molar-refractivity contribution >= 4 is 52.7 Å². The molecule has 4 rings (SSSR count). The van der Waals surface area contributed by atoms with Crippen molar-refractivity contribution in [3.8, 4) is 0 Å². The van der Waals surface area contributed by atoms with E-state index in [9.17, 15) is 22.8 Å². The van der Waals surface area contributed by atoms with Crippen LogP contribution in [0.4, 0.5) is 13.2 Å². The number of hydrogen-bond acceptors (Lipinski definition) is 2. The minimum Gasteiger partial charge on any atom is -0.270 e. The number of benzene rings is 3. The molecular weight excluding hydrogens is 510 g/mol. The standard InChI is InChI=1S/C25H15Cl3F3NO2/c26-20-10-8-15(12-22(20)28)19(25(29,30)31)9-6-14-5-7-16(21(27)11-14)13-32-23(33)17-3-1-2-4-18(17)24(32)34/h1-12,19H,13H2. The third kappa shape index (κ3) is 4.85. The van der Waals surface area contributed by atoms with Crippen LogP contribution in [0.2, 0.25) is 15.1 Å². The summed E-state index contributed by atoms with van der Waals surface area (Å²) in [6, 6.07) is 14.9. The van der Waals surface area contributed by atoms with Crippen molar-refractivity contribution < 1.29 is 22.8 Å². The Kier molecular flexibility index (Phi) is 6.76. The lowest BCUT2D eigenvalue weighted by Gasteiger charge is -2.18. The van der Waals surface area contributed by atoms with Crippen LogP contribution in [-0.4, -0.2) is 22.9 Å². The van der Waals surface area contributed by atoms with Gasteiger partial charge in [-0.3, -0.25) is 14.5 Å². The van der Waals surface area contributed by atoms with E-state index in [1.165, 1.54) is 30.3 Å². The fourth-order valence-electron chi connectivity index (χ4n) is 3.67. The Labute approximate surface area is 208 Å². The Hall–Kier alpha value is -2.80. The summed E-state index contributed by atoms with van der Waals surface area (Å²) in [5.74, 6) is -2.75. The zero-order chi connectivity index (χ0) is 24.6. The molecule has 0 radical (unpaired) electrons. The number of imide groups is 1. The molecule has 1 unspecified atom stereocenters. The molecule has 3 aromatic carbocycles. The number of hydrogen-bond donors (Lipinski definition) is 0. The number of amides is 2. The first-order chi connectivity index (χ1) is 16.1. The average Bonchev–Trinajstić information content (AvgIpc) is 3.02. The van der Waals surface area contributed by atoms with Crippen LogP contribution in [0.1, 0.15) is 43.3 Å². The van der Waals surface area contributed by atoms with E-state index in [2.05, 4.69) is 0 Å². The molecule has 1 aliphatic heterocycles. The van der Waals surface area contributed by atoms with Gasteiger partial charge in [-0.1, -0.05) is 77.3 Å². The zero-order valence-electron chi connectivity index (χ0n) is 17.2. The van der Waals surface area contributed by atoms with E-state index >= 15 is 0 Å². The maximum atomic E-state index is 13.7. The fraction of sp³-hybridized carbons (Fsp3) is 0.120. The molecule has 174 valence electrons. The van der Waals surface area contributed by atoms with Gasteiger partial charge in [0, 0.05) is 5.02 Å². The van der Waals surface area contributed by atoms with Gasteiger partial charge in [0.05, 0.1) is 33.6 Å². The largest absolute Gasteiger partial charge is 0.399 e. The Morgan fingerprint density at radius 1 is 0.824 bits per heavy atom. The molecule has 3 nitrogen and oxygen atoms in total. The van der Waals surface area contributed by atoms with Gasteiger partial charge < -0.3 is 0 Å². The number of fused-ring (bicyclic) bond motifs is 1. The lowest BCUT2D eigenvalue weighted by molar-refractivity contribution is -0.139. The molecule has 34 heavy (non-hydrogen) atoms. The molecule has 0 saturated carbocycles. The van der Waals surface area contributed by atoms with Crippen LogP contribution < -0.4 is 0 Å². The van der Waals surface area contributed by atoms with Gasteiger partial charge in [-0.25, -0.2) is 0 Å². The van der Waals surface area contributed by atoms with E-state index in [-0.39, 0.29) is 27.2 Å². The summed E-state index contributed by atoms with van der Waals surface area (Å²) >= 11 is 18.0. The number of allylic oxidation sites excluding steroid dienone is 1. The van der Waals surface area contributed by atoms with Crippen LogP contribution in [0.15, 0.2) is 66.7 Å². The summed E-state index contributed by atoms with van der Waals surface area (Å²) in [6.45, 7) is -0.0520. The molecule has 3 aromatic rings. The fourth-order valence-corrected chi connectivity index (χ4v) is 4.23. The predicted molar refractivity (Wildman–Crippen MR) is 126 cm³/mol. The Bertz CT molecular complexity index is 1290. The van der Waals surface area contributed by atoms with Crippen molar-refractivity contribution in [1.82, 2.24) is 4.90 Å². The topological polar surface area (TPSA) is 37.4 Å². The second-order valence-corrected chi connectivity index (χ2v) is 8.87. The maximum absolute atomic E-state index is 13.7. The van der Waals surface area contributed by atoms with Crippen molar-refractivity contribution in [3.05, 3.63) is 110 Å². The Morgan fingerprint density at radius 2 is 1.47 bits per heavy atom. The molecule has 0 spiro atoms. The van der Waals surface area contributed by atoms with E-state index in [0.29, 0.717) is 22.3 Å². The van der Waals surface area contributed by atoms with Gasteiger partial charge >= 0.3 is 6.18 Å². The monoisotopic (exact) mass is 523 g/mol. The second-order valence-electron chi connectivity index (χ2n) is 7.64. The lowest BCUT2D eigenvalue weighted by atomic mass is 9.97. The molecule has 2 amide bonds. The quantitative estimate of drug-likeness (QED) is 0.319. The minimum absolute atomic E-state index is 0.0300. The molecule has 1 aliphatic rings. The molecule has 0 fully saturated rings. The Morgan fingerprint density at radius 3 is 2.03 bits per heavy atom. The minimum atomic E-state index is -4.55. The van der Waals surface area contributed by atoms with E-state index in [1.807, 2.05) is 0 Å². The normalized spacial score (nSPS) is 14.7. The molecule has 0 N–H and O–H groups in total. The third-order valence-electron chi connectivity index (χ3n) is 5.42. The van der Waals surface area contributed by atoms with Crippen LogP contribution in [0.25, 0.3) is 6.08 Å². The molecule has 1 atom stereocenters. The second kappa shape index (κ2) is 9.45. The summed E-state index contributed by atoms with van der Waals surface area (Å²) in [5, 5.41) is 0.412. The number of halogens is 6. The molecule has 0 bridgehead atoms. The first-order valence-electron chi connectivity index (χ1n) is 10.00. The predicted octanol–water partition coefficient (Wildman–Crippen LogP) is 7.80. The van der Waals surface area contributed by atoms with Gasteiger partial charge in [-0.2, -0.15) is 13.2 Å². The first kappa shape index (κ1) is 24.3. The number of nitrogens with zero attached hydrogens (tertiary/aromatic N) is 1. The zero-order valence-corrected chi connectivity index (χ0v) is 19.5. The molecule has 0 saturated heterocycles. The van der Waals surface area contributed by atoms with Gasteiger partial charge in [0.25, 0.3) is 11.8 Å². The Balaban J connectivity index is 1.55. The van der Waals surface area contributed by atoms with Gasteiger partial charge in [-0.05, 0) is 47.0 Å². The molecular formula is C25H15Cl3F3NO2. The van der Waals surface area contributed by atoms with Crippen molar-refractivity contribution in [2.45, 2.75) is 18.6 Å². The van der Waals surface area contributed by atoms with Crippen LogP contribution in [0, 0.1) is 0 Å². The van der Waals surface area contributed by atoms with E-state index in [1.54, 1.807) is 36.4 Å². The van der Waals surface area contributed by atoms with Gasteiger partial charge in [0.2, 0.25) is 0 Å². The summed E-state index contributed by atoms with van der Waals surface area (Å²) in [4.78, 5) is 26.2. The van der Waals surface area contributed by atoms with Crippen molar-refractivity contribution in [2.75, 3.05) is 0 Å². The highest BCUT2D eigenvalue weighted by Gasteiger charge is 2.39. The summed E-state index contributed by atoms with van der Waals surface area (Å²) in [5.41, 5.74) is 1.51. The number of carbonyl (C=O) groups is 2. The van der Waals surface area contributed by atoms with Crippen molar-refractivity contribution in [1.29, 1.82) is 0 Å². The van der Waals surface area contributed by atoms with Gasteiger partial charge in [-0.15, -0.1) is 0 Å². The van der Waals surface area contributed by atoms with Crippen LogP contribution >= 0.6 is 34.8 Å². The average molecular weight is 525 g/mol. The van der Waals surface area contributed by atoms with Crippen LogP contribution in [-0.2, 0) is 6.54 Å². The number of rotatable bonds is 5. The summed E-state index contributed by atoms with van der Waals surface area (Å²) in [6.07, 6.45) is -2.24. The van der Waals surface area contributed by atoms with E-state index in [4.69, 9.17) is 34.8 Å². The molecule has 1 heterocycles. The number of carbonyl (C=O) groups excluding carboxylic acids is 2. The van der Waals surface area contributed by atoms with E-state index in [0.717, 1.165) is 11.0 Å². The maximum Gasteiger partial charge on any atom is 0.399 e. The highest BCUT2D eigenvalue weighted by Crippen LogP contribution is 2.38. The van der Waals surface area contributed by atoms with Gasteiger partial charge in [0.1, 0.15) is 0 Å². The lowest BCUT2D eigenvalue weighted by Crippen LogP contribution is -2.29. The highest BCUT2D eigenvalue weighted by atomic mass is 35.5. The smallest absolute Gasteiger partial charge is 0.270 e. The molecule has 0 aliphatic carbocycles. The summed E-state index contributed by atoms with van der Waals surface area (Å²) < 4.78 is 41.0. The first-order valence-corrected chi connectivity index (χ1v) is 11.1. The SMILES string of the molecule is O=C1c2ccccc2C(=O)N1Cc1ccc(C=CC(c2ccc(Cl)c(Cl)c2)C(F)(F)F)cc1Cl. The van der Waals surface area contributed by atoms with Crippen LogP contribution in [0.5, 0.6) is 0 Å². The summed E-state index contributed by atoms with van der Waals surface area (Å²) in [7, 11) is 0. The molecule has 0 aromatic heterocycles. The van der Waals surface area contributed by atoms with Crippen LogP contribution in [0.3, 0.4) is 0 Å². The highest BCUT2D eigenvalue weighted by molar-refractivity contribution is 6.42. The van der Waals surface area contributed by atoms with Crippen molar-refractivity contribution in [2.24, 2.45) is 0 Å². The molecule has 9 heteroatoms. The van der Waals surface area contributed by atoms with Gasteiger partial charge in [0.15, 0.2) is 0 Å². The number of alkyl halides is 3.